The van der Waals surface area contributed by atoms with Crippen LogP contribution >= 0.6 is 0 Å². The standard InChI is InChI=1S/C18H20N8/c1-11-10-15(22-25(11)5)17-20-18-16(12(2)21-26(18)23-17)19-13-6-8-14(9-7-13)24(3)4/h6-10H,1-5H3/b19-16-. The zero-order valence-electron chi connectivity index (χ0n) is 15.5. The van der Waals surface area contributed by atoms with E-state index in [-0.39, 0.29) is 0 Å². The lowest BCUT2D eigenvalue weighted by atomic mass is 10.2. The third kappa shape index (κ3) is 2.69. The number of benzene rings is 1. The Bertz CT molecular complexity index is 1010. The number of nitrogens with zero attached hydrogens (tertiary/aromatic N) is 8. The summed E-state index contributed by atoms with van der Waals surface area (Å²) in [4.78, 5) is 12.9. The normalized spacial score (nSPS) is 14.7. The van der Waals surface area contributed by atoms with Crippen LogP contribution in [0.1, 0.15) is 18.4 Å². The second-order valence-corrected chi connectivity index (χ2v) is 6.50. The number of fused-ring (bicyclic) bond motifs is 1. The van der Waals surface area contributed by atoms with Crippen LogP contribution in [0.3, 0.4) is 0 Å². The summed E-state index contributed by atoms with van der Waals surface area (Å²) in [5.41, 5.74) is 5.28. The van der Waals surface area contributed by atoms with Crippen LogP contribution in [0.25, 0.3) is 11.5 Å². The summed E-state index contributed by atoms with van der Waals surface area (Å²) in [5, 5.41) is 13.3. The number of aryl methyl sites for hydroxylation is 2. The van der Waals surface area contributed by atoms with Crippen molar-refractivity contribution in [3.8, 4) is 11.5 Å². The average molecular weight is 348 g/mol. The van der Waals surface area contributed by atoms with E-state index in [4.69, 9.17) is 4.99 Å². The Balaban J connectivity index is 1.71. The highest BCUT2D eigenvalue weighted by Gasteiger charge is 2.25. The quantitative estimate of drug-likeness (QED) is 0.728. The first kappa shape index (κ1) is 16.2. The molecule has 0 fully saturated rings. The first-order valence-corrected chi connectivity index (χ1v) is 8.33. The summed E-state index contributed by atoms with van der Waals surface area (Å²) in [7, 11) is 5.92. The molecule has 3 heterocycles. The summed E-state index contributed by atoms with van der Waals surface area (Å²) in [5.74, 6) is 1.19. The van der Waals surface area contributed by atoms with E-state index in [1.165, 1.54) is 4.79 Å². The topological polar surface area (TPSA) is 76.5 Å². The second kappa shape index (κ2) is 5.91. The molecule has 132 valence electrons. The smallest absolute Gasteiger partial charge is 0.204 e. The highest BCUT2D eigenvalue weighted by atomic mass is 15.6. The third-order valence-corrected chi connectivity index (χ3v) is 4.34. The molecular weight excluding hydrogens is 328 g/mol. The van der Waals surface area contributed by atoms with E-state index >= 15 is 0 Å². The highest BCUT2D eigenvalue weighted by Crippen LogP contribution is 2.23. The molecule has 3 aromatic rings. The molecule has 0 atom stereocenters. The van der Waals surface area contributed by atoms with Gasteiger partial charge in [-0.2, -0.15) is 10.2 Å². The van der Waals surface area contributed by atoms with Gasteiger partial charge in [-0.3, -0.25) is 4.68 Å². The van der Waals surface area contributed by atoms with Crippen LogP contribution in [-0.2, 0) is 7.05 Å². The Morgan fingerprint density at radius 1 is 1.04 bits per heavy atom. The van der Waals surface area contributed by atoms with Gasteiger partial charge in [0, 0.05) is 32.5 Å². The minimum Gasteiger partial charge on any atom is -0.378 e. The van der Waals surface area contributed by atoms with Gasteiger partial charge in [0.05, 0.1) is 11.4 Å². The van der Waals surface area contributed by atoms with Crippen molar-refractivity contribution >= 4 is 22.8 Å². The number of anilines is 1. The molecule has 0 spiro atoms. The maximum absolute atomic E-state index is 4.73. The van der Waals surface area contributed by atoms with Gasteiger partial charge in [0.2, 0.25) is 11.6 Å². The van der Waals surface area contributed by atoms with Crippen molar-refractivity contribution in [3.63, 3.8) is 0 Å². The number of aromatic nitrogens is 5. The van der Waals surface area contributed by atoms with Gasteiger partial charge in [0.1, 0.15) is 11.4 Å². The summed E-state index contributed by atoms with van der Waals surface area (Å²) in [6.07, 6.45) is 0. The second-order valence-electron chi connectivity index (χ2n) is 6.50. The zero-order chi connectivity index (χ0) is 18.4. The van der Waals surface area contributed by atoms with Crippen molar-refractivity contribution in [2.45, 2.75) is 13.8 Å². The van der Waals surface area contributed by atoms with Crippen LogP contribution in [-0.4, -0.2) is 50.2 Å². The van der Waals surface area contributed by atoms with Crippen molar-refractivity contribution in [3.05, 3.63) is 41.9 Å². The molecule has 2 aromatic heterocycles. The predicted molar refractivity (Wildman–Crippen MR) is 102 cm³/mol. The van der Waals surface area contributed by atoms with E-state index in [2.05, 4.69) is 25.2 Å². The first-order valence-electron chi connectivity index (χ1n) is 8.33. The minimum absolute atomic E-state index is 0.551. The van der Waals surface area contributed by atoms with Crippen LogP contribution < -0.4 is 4.90 Å². The molecule has 0 saturated carbocycles. The van der Waals surface area contributed by atoms with E-state index in [0.29, 0.717) is 11.6 Å². The minimum atomic E-state index is 0.551. The molecule has 0 radical (unpaired) electrons. The van der Waals surface area contributed by atoms with Gasteiger partial charge in [-0.25, -0.2) is 9.98 Å². The van der Waals surface area contributed by atoms with Crippen LogP contribution in [0, 0.1) is 6.92 Å². The molecule has 8 heteroatoms. The highest BCUT2D eigenvalue weighted by molar-refractivity contribution is 6.48. The Labute approximate surface area is 151 Å². The number of rotatable bonds is 3. The molecule has 0 bridgehead atoms. The molecule has 0 N–H and O–H groups in total. The lowest BCUT2D eigenvalue weighted by Gasteiger charge is -2.11. The average Bonchev–Trinajstić information content (AvgIpc) is 3.24. The molecule has 0 amide bonds. The fourth-order valence-corrected chi connectivity index (χ4v) is 2.74. The van der Waals surface area contributed by atoms with E-state index < -0.39 is 0 Å². The van der Waals surface area contributed by atoms with Crippen molar-refractivity contribution < 1.29 is 0 Å². The van der Waals surface area contributed by atoms with E-state index in [9.17, 15) is 0 Å². The lowest BCUT2D eigenvalue weighted by molar-refractivity contribution is 0.733. The SMILES string of the molecule is CC1=Nn2nc(-c3cc(C)n(C)n3)nc2/C1=N\c1ccc(N(C)C)cc1. The van der Waals surface area contributed by atoms with E-state index in [1.54, 1.807) is 4.68 Å². The molecule has 0 unspecified atom stereocenters. The van der Waals surface area contributed by atoms with Gasteiger partial charge in [0.25, 0.3) is 0 Å². The molecule has 26 heavy (non-hydrogen) atoms. The van der Waals surface area contributed by atoms with Crippen LogP contribution in [0.15, 0.2) is 40.4 Å². The van der Waals surface area contributed by atoms with Crippen molar-refractivity contribution in [1.29, 1.82) is 0 Å². The summed E-state index contributed by atoms with van der Waals surface area (Å²) in [6.45, 7) is 3.90. The van der Waals surface area contributed by atoms with Gasteiger partial charge in [-0.15, -0.1) is 9.89 Å². The van der Waals surface area contributed by atoms with E-state index in [0.717, 1.165) is 34.2 Å². The Hall–Kier alpha value is -3.29. The zero-order valence-corrected chi connectivity index (χ0v) is 15.5. The Morgan fingerprint density at radius 2 is 1.77 bits per heavy atom. The molecule has 0 saturated heterocycles. The number of aliphatic imine (C=N–C) groups is 1. The van der Waals surface area contributed by atoms with Crippen molar-refractivity contribution in [2.24, 2.45) is 17.1 Å². The maximum Gasteiger partial charge on any atom is 0.204 e. The molecule has 1 aromatic carbocycles. The summed E-state index contributed by atoms with van der Waals surface area (Å²) < 4.78 is 1.80. The first-order chi connectivity index (χ1) is 12.4. The summed E-state index contributed by atoms with van der Waals surface area (Å²) in [6, 6.07) is 10.00. The Morgan fingerprint density at radius 3 is 2.38 bits per heavy atom. The van der Waals surface area contributed by atoms with Gasteiger partial charge in [-0.05, 0) is 44.2 Å². The molecular formula is C18H20N8. The predicted octanol–water partition coefficient (Wildman–Crippen LogP) is 2.41. The summed E-state index contributed by atoms with van der Waals surface area (Å²) >= 11 is 0. The molecule has 0 aliphatic carbocycles. The largest absolute Gasteiger partial charge is 0.378 e. The van der Waals surface area contributed by atoms with Gasteiger partial charge >= 0.3 is 0 Å². The fraction of sp³-hybridized carbons (Fsp3) is 0.278. The molecule has 8 nitrogen and oxygen atoms in total. The van der Waals surface area contributed by atoms with Crippen LogP contribution in [0.5, 0.6) is 0 Å². The fourth-order valence-electron chi connectivity index (χ4n) is 2.74. The molecule has 1 aliphatic heterocycles. The van der Waals surface area contributed by atoms with E-state index in [1.807, 2.05) is 65.3 Å². The number of hydrogen-bond donors (Lipinski definition) is 0. The van der Waals surface area contributed by atoms with Gasteiger partial charge in [0.15, 0.2) is 0 Å². The number of hydrogen-bond acceptors (Lipinski definition) is 6. The van der Waals surface area contributed by atoms with Crippen LogP contribution in [0.4, 0.5) is 11.4 Å². The third-order valence-electron chi connectivity index (χ3n) is 4.34. The molecule has 1 aliphatic rings. The lowest BCUT2D eigenvalue weighted by Crippen LogP contribution is -2.09. The van der Waals surface area contributed by atoms with Crippen LogP contribution in [0.2, 0.25) is 0 Å². The Kier molecular flexibility index (Phi) is 3.68. The van der Waals surface area contributed by atoms with Crippen molar-refractivity contribution in [1.82, 2.24) is 24.7 Å². The van der Waals surface area contributed by atoms with Gasteiger partial charge < -0.3 is 4.90 Å². The monoisotopic (exact) mass is 348 g/mol. The van der Waals surface area contributed by atoms with Gasteiger partial charge in [-0.1, -0.05) is 0 Å². The molecule has 4 rings (SSSR count). The maximum atomic E-state index is 4.73. The van der Waals surface area contributed by atoms with Crippen molar-refractivity contribution in [2.75, 3.05) is 19.0 Å².